The number of carbonyl (C=O) groups excluding carboxylic acids is 2. The summed E-state index contributed by atoms with van der Waals surface area (Å²) in [5.74, 6) is 0.414. The van der Waals surface area contributed by atoms with Crippen molar-refractivity contribution < 1.29 is 14.3 Å². The number of hydrogen-bond donors (Lipinski definition) is 1. The first-order valence-electron chi connectivity index (χ1n) is 7.62. The van der Waals surface area contributed by atoms with Gasteiger partial charge in [0.25, 0.3) is 5.91 Å². The van der Waals surface area contributed by atoms with E-state index in [2.05, 4.69) is 11.4 Å². The van der Waals surface area contributed by atoms with E-state index in [1.165, 1.54) is 12.6 Å². The van der Waals surface area contributed by atoms with Crippen LogP contribution in [0.5, 0.6) is 5.75 Å². The summed E-state index contributed by atoms with van der Waals surface area (Å²) in [6.45, 7) is 2.55. The second-order valence-electron chi connectivity index (χ2n) is 5.70. The first kappa shape index (κ1) is 15.8. The van der Waals surface area contributed by atoms with Crippen molar-refractivity contribution in [1.82, 2.24) is 10.2 Å². The molecule has 0 aliphatic carbocycles. The van der Waals surface area contributed by atoms with Crippen molar-refractivity contribution >= 4 is 18.0 Å². The van der Waals surface area contributed by atoms with Gasteiger partial charge in [0, 0.05) is 7.05 Å². The lowest BCUT2D eigenvalue weighted by Gasteiger charge is -2.07. The number of rotatable bonds is 4. The zero-order valence-electron chi connectivity index (χ0n) is 13.6. The highest BCUT2D eigenvalue weighted by Gasteiger charge is 2.29. The van der Waals surface area contributed by atoms with Gasteiger partial charge < -0.3 is 10.1 Å². The summed E-state index contributed by atoms with van der Waals surface area (Å²) in [6.07, 6.45) is 1.65. The smallest absolute Gasteiger partial charge is 0.328 e. The summed E-state index contributed by atoms with van der Waals surface area (Å²) < 4.78 is 5.76. The summed E-state index contributed by atoms with van der Waals surface area (Å²) in [7, 11) is 1.45. The zero-order chi connectivity index (χ0) is 17.1. The number of ether oxygens (including phenoxy) is 1. The van der Waals surface area contributed by atoms with Gasteiger partial charge in [-0.1, -0.05) is 42.0 Å². The number of imide groups is 1. The Morgan fingerprint density at radius 2 is 1.88 bits per heavy atom. The molecule has 1 aliphatic rings. The first-order valence-corrected chi connectivity index (χ1v) is 7.62. The minimum Gasteiger partial charge on any atom is -0.489 e. The Balaban J connectivity index is 1.65. The van der Waals surface area contributed by atoms with Gasteiger partial charge in [0.05, 0.1) is 0 Å². The molecule has 0 aromatic heterocycles. The number of nitrogens with one attached hydrogen (secondary N) is 1. The minimum absolute atomic E-state index is 0.274. The highest BCUT2D eigenvalue weighted by atomic mass is 16.5. The molecule has 0 spiro atoms. The molecule has 2 aromatic carbocycles. The molecule has 1 N–H and O–H groups in total. The van der Waals surface area contributed by atoms with E-state index in [-0.39, 0.29) is 11.6 Å². The lowest BCUT2D eigenvalue weighted by Crippen LogP contribution is -2.25. The number of carbonyl (C=O) groups is 2. The van der Waals surface area contributed by atoms with E-state index in [0.29, 0.717) is 6.61 Å². The molecule has 5 heteroatoms. The fourth-order valence-electron chi connectivity index (χ4n) is 2.42. The molecule has 5 nitrogen and oxygen atoms in total. The van der Waals surface area contributed by atoms with E-state index in [0.717, 1.165) is 21.8 Å². The third-order valence-electron chi connectivity index (χ3n) is 3.76. The molecule has 122 valence electrons. The van der Waals surface area contributed by atoms with Gasteiger partial charge >= 0.3 is 6.03 Å². The fraction of sp³-hybridized carbons (Fsp3) is 0.158. The Bertz CT molecular complexity index is 810. The molecule has 0 saturated carbocycles. The quantitative estimate of drug-likeness (QED) is 0.695. The Morgan fingerprint density at radius 3 is 2.50 bits per heavy atom. The van der Waals surface area contributed by atoms with Crippen LogP contribution in [-0.4, -0.2) is 23.9 Å². The Morgan fingerprint density at radius 1 is 1.12 bits per heavy atom. The van der Waals surface area contributed by atoms with Crippen molar-refractivity contribution in [3.8, 4) is 5.75 Å². The molecule has 24 heavy (non-hydrogen) atoms. The molecule has 2 aromatic rings. The van der Waals surface area contributed by atoms with Crippen LogP contribution in [0.4, 0.5) is 4.79 Å². The normalized spacial score (nSPS) is 15.8. The van der Waals surface area contributed by atoms with Crippen molar-refractivity contribution in [3.63, 3.8) is 0 Å². The molecule has 1 fully saturated rings. The van der Waals surface area contributed by atoms with Crippen LogP contribution in [-0.2, 0) is 11.4 Å². The molecule has 0 bridgehead atoms. The average molecular weight is 322 g/mol. The van der Waals surface area contributed by atoms with Gasteiger partial charge in [-0.3, -0.25) is 9.69 Å². The number of hydrogen-bond acceptors (Lipinski definition) is 3. The second-order valence-corrected chi connectivity index (χ2v) is 5.70. The van der Waals surface area contributed by atoms with Crippen molar-refractivity contribution in [1.29, 1.82) is 0 Å². The van der Waals surface area contributed by atoms with Crippen LogP contribution < -0.4 is 10.1 Å². The molecule has 3 amide bonds. The lowest BCUT2D eigenvalue weighted by molar-refractivity contribution is -0.121. The van der Waals surface area contributed by atoms with Crippen LogP contribution in [0.1, 0.15) is 16.7 Å². The number of urea groups is 1. The third-order valence-corrected chi connectivity index (χ3v) is 3.76. The van der Waals surface area contributed by atoms with Gasteiger partial charge in [-0.2, -0.15) is 0 Å². The van der Waals surface area contributed by atoms with E-state index in [4.69, 9.17) is 4.74 Å². The molecular weight excluding hydrogens is 304 g/mol. The first-order chi connectivity index (χ1) is 11.5. The van der Waals surface area contributed by atoms with E-state index in [9.17, 15) is 9.59 Å². The minimum atomic E-state index is -0.413. The predicted molar refractivity (Wildman–Crippen MR) is 91.2 cm³/mol. The van der Waals surface area contributed by atoms with Crippen molar-refractivity contribution in [2.24, 2.45) is 0 Å². The lowest BCUT2D eigenvalue weighted by atomic mass is 10.1. The molecular formula is C19H18N2O3. The Kier molecular flexibility index (Phi) is 4.33. The van der Waals surface area contributed by atoms with E-state index in [1.807, 2.05) is 49.4 Å². The van der Waals surface area contributed by atoms with Gasteiger partial charge in [0.1, 0.15) is 18.1 Å². The van der Waals surface area contributed by atoms with Gasteiger partial charge in [0.15, 0.2) is 0 Å². The fourth-order valence-corrected chi connectivity index (χ4v) is 2.42. The van der Waals surface area contributed by atoms with E-state index >= 15 is 0 Å². The van der Waals surface area contributed by atoms with Gasteiger partial charge in [-0.05, 0) is 36.3 Å². The standard InChI is InChI=1S/C19H18N2O3/c1-13-4-3-5-15(10-13)12-24-16-8-6-14(7-9-16)11-17-18(22)21(2)19(23)20-17/h3-11H,12H2,1-2H3,(H,20,23)/b17-11+. The van der Waals surface area contributed by atoms with Gasteiger partial charge in [-0.15, -0.1) is 0 Å². The van der Waals surface area contributed by atoms with Crippen LogP contribution in [0.25, 0.3) is 6.08 Å². The number of aryl methyl sites for hydroxylation is 1. The van der Waals surface area contributed by atoms with Crippen molar-refractivity contribution in [2.75, 3.05) is 7.05 Å². The topological polar surface area (TPSA) is 58.6 Å². The molecule has 3 rings (SSSR count). The largest absolute Gasteiger partial charge is 0.489 e. The number of likely N-dealkylation sites (N-methyl/N-ethyl adjacent to an activating group) is 1. The Hall–Kier alpha value is -3.08. The maximum Gasteiger partial charge on any atom is 0.328 e. The molecule has 0 unspecified atom stereocenters. The van der Waals surface area contributed by atoms with Gasteiger partial charge in [-0.25, -0.2) is 4.79 Å². The highest BCUT2D eigenvalue weighted by molar-refractivity contribution is 6.13. The number of nitrogens with zero attached hydrogens (tertiary/aromatic N) is 1. The van der Waals surface area contributed by atoms with Gasteiger partial charge in [0.2, 0.25) is 0 Å². The van der Waals surface area contributed by atoms with Crippen molar-refractivity contribution in [2.45, 2.75) is 13.5 Å². The van der Waals surface area contributed by atoms with E-state index < -0.39 is 6.03 Å². The van der Waals surface area contributed by atoms with Crippen LogP contribution >= 0.6 is 0 Å². The monoisotopic (exact) mass is 322 g/mol. The van der Waals surface area contributed by atoms with Crippen LogP contribution in [0.2, 0.25) is 0 Å². The molecule has 1 saturated heterocycles. The molecule has 0 atom stereocenters. The van der Waals surface area contributed by atoms with Crippen LogP contribution in [0.15, 0.2) is 54.2 Å². The number of amides is 3. The molecule has 1 aliphatic heterocycles. The second kappa shape index (κ2) is 6.58. The zero-order valence-corrected chi connectivity index (χ0v) is 13.6. The van der Waals surface area contributed by atoms with Crippen LogP contribution in [0.3, 0.4) is 0 Å². The summed E-state index contributed by atoms with van der Waals surface area (Å²) in [5, 5.41) is 2.54. The molecule has 1 heterocycles. The summed E-state index contributed by atoms with van der Waals surface area (Å²) in [4.78, 5) is 24.3. The maximum absolute atomic E-state index is 11.8. The predicted octanol–water partition coefficient (Wildman–Crippen LogP) is 3.10. The third kappa shape index (κ3) is 3.46. The maximum atomic E-state index is 11.8. The molecule has 0 radical (unpaired) electrons. The van der Waals surface area contributed by atoms with Crippen molar-refractivity contribution in [3.05, 3.63) is 70.9 Å². The number of benzene rings is 2. The highest BCUT2D eigenvalue weighted by Crippen LogP contribution is 2.18. The Labute approximate surface area is 140 Å². The SMILES string of the molecule is Cc1cccc(COc2ccc(/C=C3/NC(=O)N(C)C3=O)cc2)c1. The summed E-state index contributed by atoms with van der Waals surface area (Å²) in [5.41, 5.74) is 3.41. The summed E-state index contributed by atoms with van der Waals surface area (Å²) >= 11 is 0. The summed E-state index contributed by atoms with van der Waals surface area (Å²) in [6, 6.07) is 15.1. The average Bonchev–Trinajstić information content (AvgIpc) is 2.81. The van der Waals surface area contributed by atoms with Crippen LogP contribution in [0, 0.1) is 6.92 Å². The van der Waals surface area contributed by atoms with E-state index in [1.54, 1.807) is 6.08 Å².